The van der Waals surface area contributed by atoms with E-state index in [0.717, 1.165) is 0 Å². The molecular formula is C22H32F3N3O6. The lowest BCUT2D eigenvalue weighted by molar-refractivity contribution is -0.321. The van der Waals surface area contributed by atoms with Crippen LogP contribution >= 0.6 is 0 Å². The highest BCUT2D eigenvalue weighted by Gasteiger charge is 2.69. The van der Waals surface area contributed by atoms with E-state index in [9.17, 15) is 32.3 Å². The molecule has 12 heteroatoms. The van der Waals surface area contributed by atoms with E-state index in [1.807, 2.05) is 13.8 Å². The molecule has 0 aromatic rings. The van der Waals surface area contributed by atoms with Crippen molar-refractivity contribution in [3.05, 3.63) is 0 Å². The van der Waals surface area contributed by atoms with E-state index in [2.05, 4.69) is 15.4 Å². The van der Waals surface area contributed by atoms with Crippen molar-refractivity contribution < 1.29 is 41.8 Å². The fourth-order valence-corrected chi connectivity index (χ4v) is 5.38. The molecule has 3 amide bonds. The maximum Gasteiger partial charge on any atom is 0.522 e. The molecule has 2 unspecified atom stereocenters. The Labute approximate surface area is 196 Å². The lowest BCUT2D eigenvalue weighted by Crippen LogP contribution is -2.56. The average Bonchev–Trinajstić information content (AvgIpc) is 3.12. The molecule has 2 heterocycles. The number of halogens is 3. The van der Waals surface area contributed by atoms with Gasteiger partial charge in [0.25, 0.3) is 5.91 Å². The molecule has 2 N–H and O–H groups in total. The second kappa shape index (κ2) is 9.80. The maximum atomic E-state index is 13.4. The quantitative estimate of drug-likeness (QED) is 0.472. The molecule has 34 heavy (non-hydrogen) atoms. The summed E-state index contributed by atoms with van der Waals surface area (Å²) in [6, 6.07) is -2.24. The fraction of sp³-hybridized carbons (Fsp3) is 0.818. The predicted octanol–water partition coefficient (Wildman–Crippen LogP) is 1.01. The first-order valence-electron chi connectivity index (χ1n) is 11.5. The van der Waals surface area contributed by atoms with E-state index in [0.29, 0.717) is 25.9 Å². The van der Waals surface area contributed by atoms with Crippen LogP contribution in [0.5, 0.6) is 0 Å². The van der Waals surface area contributed by atoms with Crippen LogP contribution in [0.1, 0.15) is 40.0 Å². The van der Waals surface area contributed by atoms with Gasteiger partial charge in [-0.1, -0.05) is 20.8 Å². The number of hydrogen-bond acceptors (Lipinski definition) is 6. The number of nitrogens with one attached hydrogen (secondary N) is 2. The first-order valence-corrected chi connectivity index (χ1v) is 11.5. The second-order valence-electron chi connectivity index (χ2n) is 9.80. The van der Waals surface area contributed by atoms with Gasteiger partial charge >= 0.3 is 6.36 Å². The van der Waals surface area contributed by atoms with Crippen LogP contribution in [-0.4, -0.2) is 79.8 Å². The smallest absolute Gasteiger partial charge is 0.372 e. The van der Waals surface area contributed by atoms with Gasteiger partial charge in [0.2, 0.25) is 11.8 Å². The zero-order valence-corrected chi connectivity index (χ0v) is 19.7. The van der Waals surface area contributed by atoms with Gasteiger partial charge in [-0.2, -0.15) is 0 Å². The number of ether oxygens (including phenoxy) is 2. The molecule has 192 valence electrons. The Kier molecular flexibility index (Phi) is 7.61. The zero-order valence-electron chi connectivity index (χ0n) is 19.7. The van der Waals surface area contributed by atoms with Crippen molar-refractivity contribution in [2.75, 3.05) is 26.8 Å². The fourth-order valence-electron chi connectivity index (χ4n) is 5.38. The summed E-state index contributed by atoms with van der Waals surface area (Å²) in [6.45, 7) is 5.21. The van der Waals surface area contributed by atoms with Crippen molar-refractivity contribution in [2.45, 2.75) is 64.6 Å². The minimum Gasteiger partial charge on any atom is -0.372 e. The normalized spacial score (nSPS) is 29.3. The van der Waals surface area contributed by atoms with Crippen molar-refractivity contribution in [2.24, 2.45) is 23.2 Å². The highest BCUT2D eigenvalue weighted by atomic mass is 19.4. The number of methoxy groups -OCH3 is 1. The summed E-state index contributed by atoms with van der Waals surface area (Å²) in [5.74, 6) is -2.96. The summed E-state index contributed by atoms with van der Waals surface area (Å²) >= 11 is 0. The maximum absolute atomic E-state index is 13.4. The van der Waals surface area contributed by atoms with Crippen molar-refractivity contribution in [3.8, 4) is 0 Å². The van der Waals surface area contributed by atoms with Gasteiger partial charge in [0.1, 0.15) is 18.8 Å². The number of rotatable bonds is 10. The number of carbonyl (C=O) groups is 4. The second-order valence-corrected chi connectivity index (χ2v) is 9.80. The van der Waals surface area contributed by atoms with Gasteiger partial charge in [0.05, 0.1) is 6.04 Å². The molecule has 0 spiro atoms. The highest BCUT2D eigenvalue weighted by Crippen LogP contribution is 2.65. The molecule has 1 saturated carbocycles. The minimum absolute atomic E-state index is 0.0879. The molecule has 3 rings (SSSR count). The lowest BCUT2D eigenvalue weighted by Gasteiger charge is -2.33. The molecule has 0 aromatic carbocycles. The Morgan fingerprint density at radius 2 is 1.97 bits per heavy atom. The SMILES string of the molecule is CCC(OC)C(=O)N1C[C@H]2[C@@H]([C@H]1C(=O)NC(C[C@@H]1CCNC1=O)C(=O)COC(F)(F)F)C2(C)C. The first-order chi connectivity index (χ1) is 15.8. The molecule has 0 aromatic heterocycles. The predicted molar refractivity (Wildman–Crippen MR) is 112 cm³/mol. The molecule has 2 saturated heterocycles. The third kappa shape index (κ3) is 5.37. The number of likely N-dealkylation sites (tertiary alicyclic amines) is 1. The summed E-state index contributed by atoms with van der Waals surface area (Å²) in [4.78, 5) is 52.5. The van der Waals surface area contributed by atoms with Crippen LogP contribution < -0.4 is 10.6 Å². The van der Waals surface area contributed by atoms with Gasteiger partial charge in [-0.25, -0.2) is 0 Å². The number of carbonyl (C=O) groups excluding carboxylic acids is 4. The van der Waals surface area contributed by atoms with E-state index in [1.165, 1.54) is 12.0 Å². The van der Waals surface area contributed by atoms with Crippen molar-refractivity contribution in [1.29, 1.82) is 0 Å². The number of ketones is 1. The van der Waals surface area contributed by atoms with Crippen molar-refractivity contribution in [1.82, 2.24) is 15.5 Å². The van der Waals surface area contributed by atoms with Gasteiger partial charge in [-0.3, -0.25) is 23.9 Å². The van der Waals surface area contributed by atoms with Gasteiger partial charge in [0.15, 0.2) is 5.78 Å². The Morgan fingerprint density at radius 1 is 1.29 bits per heavy atom. The van der Waals surface area contributed by atoms with E-state index in [4.69, 9.17) is 4.74 Å². The van der Waals surface area contributed by atoms with Crippen LogP contribution in [0.2, 0.25) is 0 Å². The molecule has 3 aliphatic rings. The molecule has 0 radical (unpaired) electrons. The Morgan fingerprint density at radius 3 is 2.50 bits per heavy atom. The number of Topliss-reactive ketones (excluding diaryl/α,β-unsaturated/α-hetero) is 1. The van der Waals surface area contributed by atoms with E-state index < -0.39 is 48.8 Å². The molecule has 1 aliphatic carbocycles. The van der Waals surface area contributed by atoms with Crippen LogP contribution in [0.4, 0.5) is 13.2 Å². The minimum atomic E-state index is -5.01. The number of nitrogens with zero attached hydrogens (tertiary/aromatic N) is 1. The number of alkyl halides is 3. The van der Waals surface area contributed by atoms with Crippen LogP contribution in [0.3, 0.4) is 0 Å². The molecule has 6 atom stereocenters. The third-order valence-corrected chi connectivity index (χ3v) is 7.46. The zero-order chi connectivity index (χ0) is 25.4. The average molecular weight is 492 g/mol. The van der Waals surface area contributed by atoms with E-state index >= 15 is 0 Å². The highest BCUT2D eigenvalue weighted by molar-refractivity contribution is 5.95. The number of piperidine rings is 1. The van der Waals surface area contributed by atoms with Crippen molar-refractivity contribution >= 4 is 23.5 Å². The van der Waals surface area contributed by atoms with Gasteiger partial charge in [-0.15, -0.1) is 13.2 Å². The van der Waals surface area contributed by atoms with Crippen LogP contribution in [0.15, 0.2) is 0 Å². The first kappa shape index (κ1) is 26.4. The van der Waals surface area contributed by atoms with Crippen LogP contribution in [0.25, 0.3) is 0 Å². The van der Waals surface area contributed by atoms with Crippen molar-refractivity contribution in [3.63, 3.8) is 0 Å². The van der Waals surface area contributed by atoms with Gasteiger partial charge in [0, 0.05) is 26.1 Å². The summed E-state index contributed by atoms with van der Waals surface area (Å²) in [5, 5.41) is 5.16. The summed E-state index contributed by atoms with van der Waals surface area (Å²) in [5.41, 5.74) is -0.197. The lowest BCUT2D eigenvalue weighted by atomic mass is 9.94. The standard InChI is InChI=1S/C22H32F3N3O6/c1-5-15(33-4)20(32)28-9-12-16(21(12,2)3)17(28)19(31)27-13(8-11-6-7-26-18(11)30)14(29)10-34-22(23,24)25/h11-13,15-17H,5-10H2,1-4H3,(H,26,30)(H,27,31)/t11-,12-,13?,15?,16-,17-/m0/s1. The number of amides is 3. The molecule has 9 nitrogen and oxygen atoms in total. The molecule has 0 bridgehead atoms. The molecular weight excluding hydrogens is 459 g/mol. The van der Waals surface area contributed by atoms with Gasteiger partial charge < -0.3 is 20.3 Å². The summed E-state index contributed by atoms with van der Waals surface area (Å²) in [6.07, 6.45) is -5.08. The van der Waals surface area contributed by atoms with E-state index in [1.54, 1.807) is 6.92 Å². The number of hydrogen-bond donors (Lipinski definition) is 2. The van der Waals surface area contributed by atoms with E-state index in [-0.39, 0.29) is 35.5 Å². The largest absolute Gasteiger partial charge is 0.522 e. The monoisotopic (exact) mass is 491 g/mol. The molecule has 2 aliphatic heterocycles. The molecule has 3 fully saturated rings. The third-order valence-electron chi connectivity index (χ3n) is 7.46. The Bertz CT molecular complexity index is 829. The Hall–Kier alpha value is -2.21. The summed E-state index contributed by atoms with van der Waals surface area (Å²) < 4.78 is 46.4. The topological polar surface area (TPSA) is 114 Å². The van der Waals surface area contributed by atoms with Crippen LogP contribution in [0, 0.1) is 23.2 Å². The van der Waals surface area contributed by atoms with Crippen LogP contribution in [-0.2, 0) is 28.7 Å². The van der Waals surface area contributed by atoms with Gasteiger partial charge in [-0.05, 0) is 36.5 Å². The Balaban J connectivity index is 1.78. The number of fused-ring (bicyclic) bond motifs is 1. The summed E-state index contributed by atoms with van der Waals surface area (Å²) in [7, 11) is 1.41.